The molecule has 4 heteroatoms. The number of rotatable bonds is 6. The summed E-state index contributed by atoms with van der Waals surface area (Å²) in [6.45, 7) is 3.20. The summed E-state index contributed by atoms with van der Waals surface area (Å²) in [5.41, 5.74) is 1.47. The predicted molar refractivity (Wildman–Crippen MR) is 87.8 cm³/mol. The van der Waals surface area contributed by atoms with Crippen LogP contribution in [0.5, 0.6) is 0 Å². The van der Waals surface area contributed by atoms with Gasteiger partial charge < -0.3 is 10.2 Å². The van der Waals surface area contributed by atoms with Gasteiger partial charge in [-0.2, -0.15) is 0 Å². The van der Waals surface area contributed by atoms with E-state index in [0.29, 0.717) is 10.6 Å². The molecular weight excluding hydrogens is 291 g/mol. The Morgan fingerprint density at radius 2 is 2.00 bits per heavy atom. The van der Waals surface area contributed by atoms with E-state index in [9.17, 15) is 0 Å². The van der Waals surface area contributed by atoms with Crippen LogP contribution in [0.1, 0.15) is 44.2 Å². The number of nitrogens with one attached hydrogen (secondary N) is 1. The highest BCUT2D eigenvalue weighted by Gasteiger charge is 2.39. The molecule has 1 saturated carbocycles. The molecule has 1 aliphatic rings. The van der Waals surface area contributed by atoms with Gasteiger partial charge in [0.15, 0.2) is 0 Å². The first-order valence-electron chi connectivity index (χ1n) is 7.34. The fourth-order valence-electron chi connectivity index (χ4n) is 2.94. The fraction of sp³-hybridized carbons (Fsp3) is 0.625. The van der Waals surface area contributed by atoms with Gasteiger partial charge in [-0.25, -0.2) is 0 Å². The zero-order valence-electron chi connectivity index (χ0n) is 12.5. The molecule has 1 unspecified atom stereocenters. The van der Waals surface area contributed by atoms with Crippen LogP contribution in [-0.4, -0.2) is 31.1 Å². The average molecular weight is 315 g/mol. The van der Waals surface area contributed by atoms with Crippen molar-refractivity contribution in [3.63, 3.8) is 0 Å². The highest BCUT2D eigenvalue weighted by Crippen LogP contribution is 2.36. The molecular formula is C16H24Cl2N2. The average Bonchev–Trinajstić information content (AvgIpc) is 2.33. The maximum absolute atomic E-state index is 6.33. The zero-order valence-corrected chi connectivity index (χ0v) is 14.1. The van der Waals surface area contributed by atoms with Crippen molar-refractivity contribution in [3.8, 4) is 0 Å². The lowest BCUT2D eigenvalue weighted by Crippen LogP contribution is -2.56. The topological polar surface area (TPSA) is 15.3 Å². The molecule has 1 atom stereocenters. The van der Waals surface area contributed by atoms with Crippen molar-refractivity contribution in [1.29, 1.82) is 0 Å². The minimum Gasteiger partial charge on any atom is -0.308 e. The van der Waals surface area contributed by atoms with E-state index in [0.717, 1.165) is 23.6 Å². The van der Waals surface area contributed by atoms with Gasteiger partial charge in [0, 0.05) is 28.2 Å². The lowest BCUT2D eigenvalue weighted by Gasteiger charge is -2.48. The van der Waals surface area contributed by atoms with Gasteiger partial charge in [-0.15, -0.1) is 0 Å². The second kappa shape index (κ2) is 6.65. The van der Waals surface area contributed by atoms with Crippen LogP contribution in [0.2, 0.25) is 10.0 Å². The molecule has 0 aliphatic heterocycles. The summed E-state index contributed by atoms with van der Waals surface area (Å²) < 4.78 is 0. The molecule has 0 bridgehead atoms. The van der Waals surface area contributed by atoms with E-state index < -0.39 is 0 Å². The Hall–Kier alpha value is -0.280. The molecule has 0 amide bonds. The Labute approximate surface area is 132 Å². The molecule has 20 heavy (non-hydrogen) atoms. The van der Waals surface area contributed by atoms with Gasteiger partial charge in [0.1, 0.15) is 0 Å². The number of halogens is 2. The predicted octanol–water partition coefficient (Wildman–Crippen LogP) is 4.52. The smallest absolute Gasteiger partial charge is 0.0468 e. The van der Waals surface area contributed by atoms with Crippen molar-refractivity contribution in [2.24, 2.45) is 0 Å². The van der Waals surface area contributed by atoms with Crippen LogP contribution in [-0.2, 0) is 0 Å². The van der Waals surface area contributed by atoms with Gasteiger partial charge in [-0.3, -0.25) is 0 Å². The van der Waals surface area contributed by atoms with E-state index >= 15 is 0 Å². The molecule has 0 spiro atoms. The van der Waals surface area contributed by atoms with Crippen LogP contribution in [0.3, 0.4) is 0 Å². The van der Waals surface area contributed by atoms with E-state index in [1.165, 1.54) is 19.3 Å². The lowest BCUT2D eigenvalue weighted by atomic mass is 9.75. The van der Waals surface area contributed by atoms with Crippen molar-refractivity contribution < 1.29 is 0 Å². The maximum Gasteiger partial charge on any atom is 0.0468 e. The lowest BCUT2D eigenvalue weighted by molar-refractivity contribution is 0.0569. The van der Waals surface area contributed by atoms with Gasteiger partial charge in [0.25, 0.3) is 0 Å². The molecule has 0 saturated heterocycles. The number of nitrogens with zero attached hydrogens (tertiary/aromatic N) is 1. The van der Waals surface area contributed by atoms with Crippen LogP contribution in [0.4, 0.5) is 0 Å². The Morgan fingerprint density at radius 3 is 2.45 bits per heavy atom. The Bertz CT molecular complexity index is 456. The Kier molecular flexibility index (Phi) is 5.36. The van der Waals surface area contributed by atoms with Crippen molar-refractivity contribution in [2.75, 3.05) is 20.6 Å². The van der Waals surface area contributed by atoms with Crippen LogP contribution < -0.4 is 5.32 Å². The SMILES string of the molecule is CCC(NCC1(N(C)C)CCC1)c1ccc(Cl)cc1Cl. The zero-order chi connectivity index (χ0) is 14.8. The van der Waals surface area contributed by atoms with Gasteiger partial charge >= 0.3 is 0 Å². The molecule has 1 aromatic rings. The molecule has 0 aromatic heterocycles. The first-order chi connectivity index (χ1) is 9.48. The van der Waals surface area contributed by atoms with Gasteiger partial charge in [-0.1, -0.05) is 36.2 Å². The van der Waals surface area contributed by atoms with Crippen LogP contribution in [0.15, 0.2) is 18.2 Å². The van der Waals surface area contributed by atoms with Crippen molar-refractivity contribution in [2.45, 2.75) is 44.2 Å². The first kappa shape index (κ1) is 16.1. The molecule has 0 radical (unpaired) electrons. The largest absolute Gasteiger partial charge is 0.308 e. The molecule has 112 valence electrons. The standard InChI is InChI=1S/C16H24Cl2N2/c1-4-15(13-7-6-12(17)10-14(13)18)19-11-16(20(2)3)8-5-9-16/h6-7,10,15,19H,4-5,8-9,11H2,1-3H3. The number of hydrogen-bond donors (Lipinski definition) is 1. The highest BCUT2D eigenvalue weighted by atomic mass is 35.5. The summed E-state index contributed by atoms with van der Waals surface area (Å²) in [7, 11) is 4.36. The number of likely N-dealkylation sites (N-methyl/N-ethyl adjacent to an activating group) is 1. The minimum absolute atomic E-state index is 0.289. The molecule has 0 heterocycles. The summed E-state index contributed by atoms with van der Waals surface area (Å²) in [5.74, 6) is 0. The summed E-state index contributed by atoms with van der Waals surface area (Å²) in [6, 6.07) is 6.07. The Morgan fingerprint density at radius 1 is 1.30 bits per heavy atom. The van der Waals surface area contributed by atoms with Crippen molar-refractivity contribution >= 4 is 23.2 Å². The fourth-order valence-corrected chi connectivity index (χ4v) is 3.48. The molecule has 1 aliphatic carbocycles. The van der Waals surface area contributed by atoms with E-state index in [1.807, 2.05) is 18.2 Å². The van der Waals surface area contributed by atoms with Gasteiger partial charge in [0.2, 0.25) is 0 Å². The maximum atomic E-state index is 6.33. The molecule has 1 aromatic carbocycles. The quantitative estimate of drug-likeness (QED) is 0.830. The third kappa shape index (κ3) is 3.30. The summed E-state index contributed by atoms with van der Waals surface area (Å²) in [6.07, 6.45) is 4.90. The second-order valence-electron chi connectivity index (χ2n) is 5.98. The second-order valence-corrected chi connectivity index (χ2v) is 6.82. The van der Waals surface area contributed by atoms with Crippen LogP contribution in [0.25, 0.3) is 0 Å². The number of hydrogen-bond acceptors (Lipinski definition) is 2. The monoisotopic (exact) mass is 314 g/mol. The third-order valence-corrected chi connectivity index (χ3v) is 5.22. The summed E-state index contributed by atoms with van der Waals surface area (Å²) in [4.78, 5) is 2.36. The number of benzene rings is 1. The molecule has 2 rings (SSSR count). The van der Waals surface area contributed by atoms with Crippen LogP contribution >= 0.6 is 23.2 Å². The normalized spacial score (nSPS) is 18.9. The van der Waals surface area contributed by atoms with E-state index in [2.05, 4.69) is 31.2 Å². The third-order valence-electron chi connectivity index (χ3n) is 4.66. The molecule has 1 N–H and O–H groups in total. The first-order valence-corrected chi connectivity index (χ1v) is 8.10. The Balaban J connectivity index is 2.05. The van der Waals surface area contributed by atoms with Gasteiger partial charge in [-0.05, 0) is 57.5 Å². The van der Waals surface area contributed by atoms with Crippen LogP contribution in [0, 0.1) is 0 Å². The molecule has 1 fully saturated rings. The van der Waals surface area contributed by atoms with E-state index in [1.54, 1.807) is 0 Å². The van der Waals surface area contributed by atoms with E-state index in [4.69, 9.17) is 23.2 Å². The molecule has 2 nitrogen and oxygen atoms in total. The highest BCUT2D eigenvalue weighted by molar-refractivity contribution is 6.35. The summed E-state index contributed by atoms with van der Waals surface area (Å²) >= 11 is 12.3. The van der Waals surface area contributed by atoms with Crippen molar-refractivity contribution in [3.05, 3.63) is 33.8 Å². The minimum atomic E-state index is 0.289. The van der Waals surface area contributed by atoms with Gasteiger partial charge in [0.05, 0.1) is 0 Å². The van der Waals surface area contributed by atoms with Crippen molar-refractivity contribution in [1.82, 2.24) is 10.2 Å². The summed E-state index contributed by atoms with van der Waals surface area (Å²) in [5, 5.41) is 5.15. The van der Waals surface area contributed by atoms with E-state index in [-0.39, 0.29) is 6.04 Å².